The number of anilines is 1. The smallest absolute Gasteiger partial charge is 0.243 e. The van der Waals surface area contributed by atoms with Gasteiger partial charge in [0.25, 0.3) is 0 Å². The normalized spacial score (nSPS) is 17.2. The molecule has 9 heteroatoms. The zero-order valence-corrected chi connectivity index (χ0v) is 19.2. The fourth-order valence-electron chi connectivity index (χ4n) is 3.51. The highest BCUT2D eigenvalue weighted by Gasteiger charge is 2.33. The van der Waals surface area contributed by atoms with Gasteiger partial charge in [-0.2, -0.15) is 4.31 Å². The monoisotopic (exact) mass is 466 g/mol. The molecule has 168 valence electrons. The fraction of sp³-hybridized carbons (Fsp3) is 0.409. The summed E-state index contributed by atoms with van der Waals surface area (Å²) in [4.78, 5) is 13.2. The Morgan fingerprint density at radius 2 is 1.84 bits per heavy atom. The Balaban J connectivity index is 1.75. The van der Waals surface area contributed by atoms with Gasteiger partial charge in [0, 0.05) is 24.2 Å². The molecular weight excluding hydrogens is 440 g/mol. The summed E-state index contributed by atoms with van der Waals surface area (Å²) >= 11 is 5.87. The van der Waals surface area contributed by atoms with E-state index in [0.29, 0.717) is 54.8 Å². The van der Waals surface area contributed by atoms with E-state index < -0.39 is 15.9 Å². The van der Waals surface area contributed by atoms with Crippen molar-refractivity contribution in [1.29, 1.82) is 0 Å². The molecule has 2 aromatic carbocycles. The number of ether oxygens (including phenoxy) is 2. The molecule has 0 radical (unpaired) electrons. The molecule has 1 atom stereocenters. The number of sulfonamides is 1. The fourth-order valence-corrected chi connectivity index (χ4v) is 5.16. The molecule has 1 fully saturated rings. The molecule has 7 nitrogen and oxygen atoms in total. The van der Waals surface area contributed by atoms with Crippen LogP contribution < -0.4 is 14.8 Å². The van der Waals surface area contributed by atoms with Crippen molar-refractivity contribution in [3.63, 3.8) is 0 Å². The number of hydrogen-bond acceptors (Lipinski definition) is 5. The lowest BCUT2D eigenvalue weighted by atomic mass is 9.98. The maximum atomic E-state index is 13.0. The van der Waals surface area contributed by atoms with Gasteiger partial charge in [-0.1, -0.05) is 11.6 Å². The van der Waals surface area contributed by atoms with Gasteiger partial charge in [-0.05, 0) is 63.1 Å². The Morgan fingerprint density at radius 1 is 1.13 bits per heavy atom. The van der Waals surface area contributed by atoms with Crippen molar-refractivity contribution in [1.82, 2.24) is 4.31 Å². The molecule has 1 aliphatic heterocycles. The zero-order valence-electron chi connectivity index (χ0n) is 17.6. The third-order valence-electron chi connectivity index (χ3n) is 5.03. The van der Waals surface area contributed by atoms with E-state index in [0.717, 1.165) is 0 Å². The van der Waals surface area contributed by atoms with Crippen molar-refractivity contribution >= 4 is 33.2 Å². The number of hydrogen-bond donors (Lipinski definition) is 1. The largest absolute Gasteiger partial charge is 0.494 e. The number of carbonyl (C=O) groups excluding carboxylic acids is 1. The molecule has 0 aliphatic carbocycles. The summed E-state index contributed by atoms with van der Waals surface area (Å²) in [6, 6.07) is 11.3. The van der Waals surface area contributed by atoms with Crippen molar-refractivity contribution in [3.8, 4) is 11.5 Å². The second-order valence-electron chi connectivity index (χ2n) is 7.17. The summed E-state index contributed by atoms with van der Waals surface area (Å²) < 4.78 is 38.5. The van der Waals surface area contributed by atoms with Crippen LogP contribution in [-0.2, 0) is 14.8 Å². The predicted molar refractivity (Wildman–Crippen MR) is 120 cm³/mol. The Hall–Kier alpha value is -2.29. The first-order valence-corrected chi connectivity index (χ1v) is 12.1. The van der Waals surface area contributed by atoms with E-state index in [1.807, 2.05) is 13.8 Å². The van der Waals surface area contributed by atoms with Crippen molar-refractivity contribution in [2.75, 3.05) is 31.6 Å². The molecule has 31 heavy (non-hydrogen) atoms. The molecule has 1 saturated heterocycles. The molecule has 2 aromatic rings. The molecule has 0 saturated carbocycles. The number of nitrogens with zero attached hydrogens (tertiary/aromatic N) is 1. The SMILES string of the molecule is CCOc1ccc(OCC)c(NC(=O)[C@@H]2CCCN(S(=O)(=O)c3ccc(Cl)cc3)C2)c1. The van der Waals surface area contributed by atoms with Crippen LogP contribution in [0.1, 0.15) is 26.7 Å². The van der Waals surface area contributed by atoms with Crippen LogP contribution >= 0.6 is 11.6 Å². The van der Waals surface area contributed by atoms with Gasteiger partial charge in [-0.15, -0.1) is 0 Å². The van der Waals surface area contributed by atoms with E-state index >= 15 is 0 Å². The van der Waals surface area contributed by atoms with Crippen LogP contribution in [0.3, 0.4) is 0 Å². The molecule has 3 rings (SSSR count). The molecule has 1 N–H and O–H groups in total. The molecule has 1 amide bonds. The maximum absolute atomic E-state index is 13.0. The van der Waals surface area contributed by atoms with E-state index in [1.54, 1.807) is 30.3 Å². The summed E-state index contributed by atoms with van der Waals surface area (Å²) in [7, 11) is -3.70. The number of benzene rings is 2. The second-order valence-corrected chi connectivity index (χ2v) is 9.54. The van der Waals surface area contributed by atoms with E-state index in [-0.39, 0.29) is 17.3 Å². The first kappa shape index (κ1) is 23.4. The van der Waals surface area contributed by atoms with Crippen LogP contribution in [0.25, 0.3) is 0 Å². The number of piperidine rings is 1. The third-order valence-corrected chi connectivity index (χ3v) is 7.16. The van der Waals surface area contributed by atoms with Crippen LogP contribution in [-0.4, -0.2) is 44.9 Å². The van der Waals surface area contributed by atoms with Crippen LogP contribution in [0.2, 0.25) is 5.02 Å². The summed E-state index contributed by atoms with van der Waals surface area (Å²) in [5, 5.41) is 3.37. The van der Waals surface area contributed by atoms with E-state index in [2.05, 4.69) is 5.32 Å². The van der Waals surface area contributed by atoms with Gasteiger partial charge < -0.3 is 14.8 Å². The predicted octanol–water partition coefficient (Wildman–Crippen LogP) is 4.18. The second kappa shape index (κ2) is 10.3. The number of carbonyl (C=O) groups is 1. The number of halogens is 1. The van der Waals surface area contributed by atoms with Crippen molar-refractivity contribution in [2.24, 2.45) is 5.92 Å². The summed E-state index contributed by atoms with van der Waals surface area (Å²) in [5.41, 5.74) is 0.510. The zero-order chi connectivity index (χ0) is 22.4. The first-order chi connectivity index (χ1) is 14.8. The Morgan fingerprint density at radius 3 is 2.52 bits per heavy atom. The van der Waals surface area contributed by atoms with Gasteiger partial charge in [0.2, 0.25) is 15.9 Å². The Labute approximate surface area is 188 Å². The van der Waals surface area contributed by atoms with E-state index in [1.165, 1.54) is 16.4 Å². The minimum Gasteiger partial charge on any atom is -0.494 e. The van der Waals surface area contributed by atoms with Crippen molar-refractivity contribution in [2.45, 2.75) is 31.6 Å². The molecule has 0 unspecified atom stereocenters. The molecular formula is C22H27ClN2O5S. The topological polar surface area (TPSA) is 84.9 Å². The molecule has 0 bridgehead atoms. The molecule has 0 spiro atoms. The lowest BCUT2D eigenvalue weighted by molar-refractivity contribution is -0.120. The van der Waals surface area contributed by atoms with Crippen LogP contribution in [0.4, 0.5) is 5.69 Å². The average Bonchev–Trinajstić information content (AvgIpc) is 2.76. The lowest BCUT2D eigenvalue weighted by Gasteiger charge is -2.31. The molecule has 0 aromatic heterocycles. The molecule has 1 heterocycles. The first-order valence-electron chi connectivity index (χ1n) is 10.3. The minimum absolute atomic E-state index is 0.117. The van der Waals surface area contributed by atoms with Crippen molar-refractivity contribution < 1.29 is 22.7 Å². The number of nitrogens with one attached hydrogen (secondary N) is 1. The highest BCUT2D eigenvalue weighted by Crippen LogP contribution is 2.31. The van der Waals surface area contributed by atoms with Crippen LogP contribution in [0, 0.1) is 5.92 Å². The Kier molecular flexibility index (Phi) is 7.80. The molecule has 1 aliphatic rings. The quantitative estimate of drug-likeness (QED) is 0.630. The van der Waals surface area contributed by atoms with E-state index in [9.17, 15) is 13.2 Å². The number of amides is 1. The third kappa shape index (κ3) is 5.70. The minimum atomic E-state index is -3.70. The summed E-state index contributed by atoms with van der Waals surface area (Å²) in [6.45, 7) is 5.19. The standard InChI is InChI=1S/C22H27ClN2O5S/c1-3-29-18-9-12-21(30-4-2)20(14-18)24-22(26)16-6-5-13-25(15-16)31(27,28)19-10-7-17(23)8-11-19/h7-12,14,16H,3-6,13,15H2,1-2H3,(H,24,26)/t16-/m1/s1. The van der Waals surface area contributed by atoms with Gasteiger partial charge >= 0.3 is 0 Å². The Bertz CT molecular complexity index is 1010. The summed E-state index contributed by atoms with van der Waals surface area (Å²) in [6.07, 6.45) is 1.20. The van der Waals surface area contributed by atoms with Gasteiger partial charge in [0.1, 0.15) is 11.5 Å². The lowest BCUT2D eigenvalue weighted by Crippen LogP contribution is -2.43. The van der Waals surface area contributed by atoms with Crippen LogP contribution in [0.15, 0.2) is 47.4 Å². The highest BCUT2D eigenvalue weighted by atomic mass is 35.5. The van der Waals surface area contributed by atoms with Crippen molar-refractivity contribution in [3.05, 3.63) is 47.5 Å². The van der Waals surface area contributed by atoms with Gasteiger partial charge in [-0.25, -0.2) is 8.42 Å². The van der Waals surface area contributed by atoms with Gasteiger partial charge in [-0.3, -0.25) is 4.79 Å². The van der Waals surface area contributed by atoms with E-state index in [4.69, 9.17) is 21.1 Å². The van der Waals surface area contributed by atoms with Gasteiger partial charge in [0.15, 0.2) is 0 Å². The van der Waals surface area contributed by atoms with Crippen LogP contribution in [0.5, 0.6) is 11.5 Å². The average molecular weight is 467 g/mol. The highest BCUT2D eigenvalue weighted by molar-refractivity contribution is 7.89. The summed E-state index contributed by atoms with van der Waals surface area (Å²) in [5.74, 6) is 0.448. The van der Waals surface area contributed by atoms with Gasteiger partial charge in [0.05, 0.1) is 29.7 Å². The number of rotatable bonds is 8. The maximum Gasteiger partial charge on any atom is 0.243 e.